The standard InChI is InChI=1S/C20H21N3O4/c1-24-15-3-4-17-16(7-15)22-20-11-25-10-14(23(17)20)9-21-8-13-2-5-18-19(6-13)27-12-26-18/h2-7,14,21H,8-12H2,1H3/t14-/m0/s1. The molecule has 3 aromatic rings. The monoisotopic (exact) mass is 367 g/mol. The van der Waals surface area contributed by atoms with Gasteiger partial charge in [0, 0.05) is 19.2 Å². The van der Waals surface area contributed by atoms with Crippen LogP contribution in [0.2, 0.25) is 0 Å². The fourth-order valence-corrected chi connectivity index (χ4v) is 3.71. The summed E-state index contributed by atoms with van der Waals surface area (Å²) in [5, 5.41) is 3.53. The molecule has 2 aliphatic rings. The lowest BCUT2D eigenvalue weighted by Gasteiger charge is -2.26. The molecule has 0 saturated heterocycles. The molecular weight excluding hydrogens is 346 g/mol. The highest BCUT2D eigenvalue weighted by Gasteiger charge is 2.24. The Labute approximate surface area is 156 Å². The Bertz CT molecular complexity index is 985. The Morgan fingerprint density at radius 1 is 1.19 bits per heavy atom. The summed E-state index contributed by atoms with van der Waals surface area (Å²) in [5.74, 6) is 3.40. The van der Waals surface area contributed by atoms with E-state index >= 15 is 0 Å². The van der Waals surface area contributed by atoms with Crippen LogP contribution in [0.3, 0.4) is 0 Å². The second-order valence-electron chi connectivity index (χ2n) is 6.74. The number of imidazole rings is 1. The molecule has 3 heterocycles. The van der Waals surface area contributed by atoms with Gasteiger partial charge in [-0.05, 0) is 29.8 Å². The quantitative estimate of drug-likeness (QED) is 0.748. The van der Waals surface area contributed by atoms with Gasteiger partial charge in [0.2, 0.25) is 6.79 Å². The summed E-state index contributed by atoms with van der Waals surface area (Å²) in [6, 6.07) is 12.3. The second kappa shape index (κ2) is 6.75. The minimum Gasteiger partial charge on any atom is -0.497 e. The summed E-state index contributed by atoms with van der Waals surface area (Å²) >= 11 is 0. The van der Waals surface area contributed by atoms with Crippen molar-refractivity contribution in [2.75, 3.05) is 27.1 Å². The predicted molar refractivity (Wildman–Crippen MR) is 99.2 cm³/mol. The van der Waals surface area contributed by atoms with E-state index in [-0.39, 0.29) is 6.04 Å². The number of aromatic nitrogens is 2. The molecule has 2 aromatic carbocycles. The largest absolute Gasteiger partial charge is 0.497 e. The summed E-state index contributed by atoms with van der Waals surface area (Å²) in [6.07, 6.45) is 0. The highest BCUT2D eigenvalue weighted by molar-refractivity contribution is 5.78. The molecule has 0 spiro atoms. The molecule has 1 N–H and O–H groups in total. The Hall–Kier alpha value is -2.77. The van der Waals surface area contributed by atoms with Crippen LogP contribution in [-0.4, -0.2) is 36.6 Å². The molecule has 0 fully saturated rings. The molecule has 7 heteroatoms. The lowest BCUT2D eigenvalue weighted by molar-refractivity contribution is 0.0564. The molecule has 27 heavy (non-hydrogen) atoms. The molecule has 0 radical (unpaired) electrons. The fraction of sp³-hybridized carbons (Fsp3) is 0.350. The van der Waals surface area contributed by atoms with Gasteiger partial charge >= 0.3 is 0 Å². The van der Waals surface area contributed by atoms with Crippen molar-refractivity contribution in [1.82, 2.24) is 14.9 Å². The van der Waals surface area contributed by atoms with Gasteiger partial charge in [-0.1, -0.05) is 6.07 Å². The number of fused-ring (bicyclic) bond motifs is 4. The van der Waals surface area contributed by atoms with Gasteiger partial charge in [0.05, 0.1) is 30.8 Å². The van der Waals surface area contributed by atoms with Crippen molar-refractivity contribution >= 4 is 11.0 Å². The summed E-state index contributed by atoms with van der Waals surface area (Å²) in [7, 11) is 1.67. The summed E-state index contributed by atoms with van der Waals surface area (Å²) < 4.78 is 24.2. The number of methoxy groups -OCH3 is 1. The molecule has 0 unspecified atom stereocenters. The van der Waals surface area contributed by atoms with Gasteiger partial charge in [0.25, 0.3) is 0 Å². The van der Waals surface area contributed by atoms with E-state index in [9.17, 15) is 0 Å². The van der Waals surface area contributed by atoms with Crippen LogP contribution in [0.1, 0.15) is 17.4 Å². The number of hydrogen-bond donors (Lipinski definition) is 1. The van der Waals surface area contributed by atoms with E-state index < -0.39 is 0 Å². The zero-order valence-corrected chi connectivity index (χ0v) is 15.1. The van der Waals surface area contributed by atoms with Crippen LogP contribution in [0, 0.1) is 0 Å². The van der Waals surface area contributed by atoms with E-state index in [0.29, 0.717) is 20.0 Å². The fourth-order valence-electron chi connectivity index (χ4n) is 3.71. The Morgan fingerprint density at radius 2 is 2.11 bits per heavy atom. The van der Waals surface area contributed by atoms with E-state index in [0.717, 1.165) is 52.8 Å². The van der Waals surface area contributed by atoms with Gasteiger partial charge in [0.15, 0.2) is 11.5 Å². The van der Waals surface area contributed by atoms with Gasteiger partial charge in [-0.2, -0.15) is 0 Å². The Morgan fingerprint density at radius 3 is 3.04 bits per heavy atom. The van der Waals surface area contributed by atoms with Crippen molar-refractivity contribution in [3.05, 3.63) is 47.8 Å². The van der Waals surface area contributed by atoms with Crippen LogP contribution < -0.4 is 19.5 Å². The van der Waals surface area contributed by atoms with Crippen LogP contribution in [0.4, 0.5) is 0 Å². The molecule has 0 bridgehead atoms. The number of nitrogens with one attached hydrogen (secondary N) is 1. The first-order valence-electron chi connectivity index (χ1n) is 9.03. The average molecular weight is 367 g/mol. The second-order valence-corrected chi connectivity index (χ2v) is 6.74. The van der Waals surface area contributed by atoms with Gasteiger partial charge in [-0.3, -0.25) is 0 Å². The maximum Gasteiger partial charge on any atom is 0.231 e. The van der Waals surface area contributed by atoms with E-state index in [2.05, 4.69) is 22.0 Å². The lowest BCUT2D eigenvalue weighted by Crippen LogP contribution is -2.32. The van der Waals surface area contributed by atoms with Gasteiger partial charge in [0.1, 0.15) is 18.2 Å². The van der Waals surface area contributed by atoms with Gasteiger partial charge in [-0.15, -0.1) is 0 Å². The van der Waals surface area contributed by atoms with Crippen molar-refractivity contribution in [2.24, 2.45) is 0 Å². The molecule has 1 atom stereocenters. The molecule has 2 aliphatic heterocycles. The number of ether oxygens (including phenoxy) is 4. The van der Waals surface area contributed by atoms with Crippen LogP contribution in [0.25, 0.3) is 11.0 Å². The third kappa shape index (κ3) is 2.98. The first-order valence-corrected chi connectivity index (χ1v) is 9.03. The number of hydrogen-bond acceptors (Lipinski definition) is 6. The van der Waals surface area contributed by atoms with Gasteiger partial charge < -0.3 is 28.8 Å². The van der Waals surface area contributed by atoms with Crippen LogP contribution in [0.5, 0.6) is 17.2 Å². The minimum atomic E-state index is 0.196. The first kappa shape index (κ1) is 16.4. The first-order chi connectivity index (χ1) is 13.3. The predicted octanol–water partition coefficient (Wildman–Crippen LogP) is 2.63. The summed E-state index contributed by atoms with van der Waals surface area (Å²) in [4.78, 5) is 4.72. The van der Waals surface area contributed by atoms with E-state index in [1.807, 2.05) is 24.3 Å². The van der Waals surface area contributed by atoms with Crippen molar-refractivity contribution in [2.45, 2.75) is 19.2 Å². The van der Waals surface area contributed by atoms with E-state index in [1.165, 1.54) is 0 Å². The highest BCUT2D eigenvalue weighted by Crippen LogP contribution is 2.32. The van der Waals surface area contributed by atoms with Crippen LogP contribution in [-0.2, 0) is 17.9 Å². The van der Waals surface area contributed by atoms with Crippen molar-refractivity contribution in [3.63, 3.8) is 0 Å². The molecule has 0 amide bonds. The molecular formula is C20H21N3O4. The van der Waals surface area contributed by atoms with Crippen molar-refractivity contribution < 1.29 is 18.9 Å². The topological polar surface area (TPSA) is 66.8 Å². The molecule has 0 aliphatic carbocycles. The summed E-state index contributed by atoms with van der Waals surface area (Å²) in [5.41, 5.74) is 3.22. The molecule has 140 valence electrons. The van der Waals surface area contributed by atoms with Crippen molar-refractivity contribution in [1.29, 1.82) is 0 Å². The zero-order valence-electron chi connectivity index (χ0n) is 15.1. The third-order valence-corrected chi connectivity index (χ3v) is 5.02. The maximum absolute atomic E-state index is 5.77. The lowest BCUT2D eigenvalue weighted by atomic mass is 10.2. The Kier molecular flexibility index (Phi) is 4.10. The zero-order chi connectivity index (χ0) is 18.2. The average Bonchev–Trinajstić information content (AvgIpc) is 3.31. The number of nitrogens with zero attached hydrogens (tertiary/aromatic N) is 2. The van der Waals surface area contributed by atoms with E-state index in [1.54, 1.807) is 7.11 Å². The molecule has 1 aromatic heterocycles. The van der Waals surface area contributed by atoms with E-state index in [4.69, 9.17) is 23.9 Å². The van der Waals surface area contributed by atoms with Crippen molar-refractivity contribution in [3.8, 4) is 17.2 Å². The normalized spacial score (nSPS) is 17.9. The van der Waals surface area contributed by atoms with Gasteiger partial charge in [-0.25, -0.2) is 4.98 Å². The molecule has 7 nitrogen and oxygen atoms in total. The SMILES string of the molecule is COc1ccc2c(c1)nc1n2[C@@H](CNCc2ccc3c(c2)OCO3)COC1. The third-order valence-electron chi connectivity index (χ3n) is 5.02. The molecule has 0 saturated carbocycles. The Balaban J connectivity index is 1.32. The highest BCUT2D eigenvalue weighted by atomic mass is 16.7. The maximum atomic E-state index is 5.77. The smallest absolute Gasteiger partial charge is 0.231 e. The molecule has 5 rings (SSSR count). The van der Waals surface area contributed by atoms with Crippen LogP contribution in [0.15, 0.2) is 36.4 Å². The minimum absolute atomic E-state index is 0.196. The number of rotatable bonds is 5. The number of benzene rings is 2. The van der Waals surface area contributed by atoms with Crippen LogP contribution >= 0.6 is 0 Å². The summed E-state index contributed by atoms with van der Waals surface area (Å²) in [6.45, 7) is 3.04.